The number of anilines is 1. The summed E-state index contributed by atoms with van der Waals surface area (Å²) < 4.78 is 5.26. The molecule has 0 unspecified atom stereocenters. The second-order valence-corrected chi connectivity index (χ2v) is 9.11. The van der Waals surface area contributed by atoms with Crippen molar-refractivity contribution in [3.63, 3.8) is 0 Å². The van der Waals surface area contributed by atoms with E-state index in [1.165, 1.54) is 4.90 Å². The summed E-state index contributed by atoms with van der Waals surface area (Å²) in [6, 6.07) is 5.19. The Bertz CT molecular complexity index is 776. The summed E-state index contributed by atoms with van der Waals surface area (Å²) in [4.78, 5) is 40.6. The average Bonchev–Trinajstić information content (AvgIpc) is 2.64. The topological polar surface area (TPSA) is 99.2 Å². The fourth-order valence-corrected chi connectivity index (χ4v) is 3.40. The SMILES string of the molecule is CC(C)[C@H](NC(=O)OC(C)(C)C)C(=O)N1CCN(c2ccc(Cl)cc2)C[C@H]1C(=O)O. The lowest BCUT2D eigenvalue weighted by molar-refractivity contribution is -0.152. The summed E-state index contributed by atoms with van der Waals surface area (Å²) in [7, 11) is 0. The monoisotopic (exact) mass is 439 g/mol. The quantitative estimate of drug-likeness (QED) is 0.731. The number of piperazine rings is 1. The van der Waals surface area contributed by atoms with Gasteiger partial charge in [-0.3, -0.25) is 4.79 Å². The van der Waals surface area contributed by atoms with Crippen LogP contribution in [0.25, 0.3) is 0 Å². The molecule has 1 saturated heterocycles. The highest BCUT2D eigenvalue weighted by molar-refractivity contribution is 6.30. The Balaban J connectivity index is 2.16. The average molecular weight is 440 g/mol. The standard InChI is InChI=1S/C21H30ClN3O5/c1-13(2)17(23-20(29)30-21(3,4)5)18(26)25-11-10-24(12-16(25)19(27)28)15-8-6-14(22)7-9-15/h6-9,13,16-17H,10-12H2,1-5H3,(H,23,29)(H,27,28)/t16-,17-/m0/s1. The number of rotatable bonds is 5. The van der Waals surface area contributed by atoms with Crippen molar-refractivity contribution in [2.45, 2.75) is 52.3 Å². The van der Waals surface area contributed by atoms with Crippen molar-refractivity contribution in [3.8, 4) is 0 Å². The fraction of sp³-hybridized carbons (Fsp3) is 0.571. The summed E-state index contributed by atoms with van der Waals surface area (Å²) in [5.74, 6) is -1.77. The second-order valence-electron chi connectivity index (χ2n) is 8.68. The van der Waals surface area contributed by atoms with E-state index in [-0.39, 0.29) is 19.0 Å². The molecule has 1 aliphatic rings. The number of aliphatic carboxylic acids is 1. The number of amides is 2. The highest BCUT2D eigenvalue weighted by Gasteiger charge is 2.39. The molecule has 2 rings (SSSR count). The van der Waals surface area contributed by atoms with Gasteiger partial charge in [-0.25, -0.2) is 9.59 Å². The second kappa shape index (κ2) is 9.55. The first-order valence-electron chi connectivity index (χ1n) is 9.92. The number of alkyl carbamates (subject to hydrolysis) is 1. The van der Waals surface area contributed by atoms with E-state index < -0.39 is 35.7 Å². The van der Waals surface area contributed by atoms with Crippen LogP contribution in [0.3, 0.4) is 0 Å². The third-order valence-electron chi connectivity index (χ3n) is 4.75. The minimum absolute atomic E-state index is 0.139. The maximum absolute atomic E-state index is 13.2. The normalized spacial score (nSPS) is 18.2. The van der Waals surface area contributed by atoms with E-state index >= 15 is 0 Å². The van der Waals surface area contributed by atoms with Crippen LogP contribution in [0.5, 0.6) is 0 Å². The molecule has 2 amide bonds. The van der Waals surface area contributed by atoms with Gasteiger partial charge in [-0.05, 0) is 51.0 Å². The predicted octanol–water partition coefficient (Wildman–Crippen LogP) is 2.99. The van der Waals surface area contributed by atoms with Gasteiger partial charge in [0.05, 0.1) is 0 Å². The lowest BCUT2D eigenvalue weighted by Gasteiger charge is -2.42. The summed E-state index contributed by atoms with van der Waals surface area (Å²) in [5.41, 5.74) is 0.132. The molecule has 1 fully saturated rings. The number of ether oxygens (including phenoxy) is 1. The predicted molar refractivity (Wildman–Crippen MR) is 115 cm³/mol. The lowest BCUT2D eigenvalue weighted by atomic mass is 10.0. The molecule has 166 valence electrons. The van der Waals surface area contributed by atoms with Crippen molar-refractivity contribution in [2.24, 2.45) is 5.92 Å². The summed E-state index contributed by atoms with van der Waals surface area (Å²) in [6.07, 6.45) is -0.707. The van der Waals surface area contributed by atoms with E-state index in [1.807, 2.05) is 17.0 Å². The van der Waals surface area contributed by atoms with Gasteiger partial charge in [-0.15, -0.1) is 0 Å². The number of carboxylic acids is 1. The third kappa shape index (κ3) is 6.26. The van der Waals surface area contributed by atoms with Crippen LogP contribution in [0, 0.1) is 5.92 Å². The molecule has 0 aromatic heterocycles. The number of halogens is 1. The van der Waals surface area contributed by atoms with Crippen LogP contribution in [0.1, 0.15) is 34.6 Å². The molecule has 0 aliphatic carbocycles. The van der Waals surface area contributed by atoms with Crippen LogP contribution in [0.15, 0.2) is 24.3 Å². The first-order valence-corrected chi connectivity index (χ1v) is 10.3. The Morgan fingerprint density at radius 3 is 2.27 bits per heavy atom. The zero-order valence-electron chi connectivity index (χ0n) is 18.0. The molecular weight excluding hydrogens is 410 g/mol. The van der Waals surface area contributed by atoms with Crippen LogP contribution in [0.4, 0.5) is 10.5 Å². The van der Waals surface area contributed by atoms with Crippen molar-refractivity contribution in [3.05, 3.63) is 29.3 Å². The molecule has 1 aliphatic heterocycles. The van der Waals surface area contributed by atoms with Crippen LogP contribution in [0.2, 0.25) is 5.02 Å². The molecule has 0 spiro atoms. The van der Waals surface area contributed by atoms with Crippen LogP contribution < -0.4 is 10.2 Å². The molecule has 0 bridgehead atoms. The molecule has 0 radical (unpaired) electrons. The Labute approximate surface area is 182 Å². The van der Waals surface area contributed by atoms with Crippen molar-refractivity contribution in [1.29, 1.82) is 0 Å². The molecule has 2 N–H and O–H groups in total. The van der Waals surface area contributed by atoms with Gasteiger partial charge in [0.1, 0.15) is 17.7 Å². The fourth-order valence-electron chi connectivity index (χ4n) is 3.27. The summed E-state index contributed by atoms with van der Waals surface area (Å²) in [6.45, 7) is 9.60. The molecule has 0 saturated carbocycles. The molecule has 1 aromatic carbocycles. The van der Waals surface area contributed by atoms with Gasteiger partial charge >= 0.3 is 12.1 Å². The lowest BCUT2D eigenvalue weighted by Crippen LogP contribution is -2.63. The van der Waals surface area contributed by atoms with Crippen molar-refractivity contribution < 1.29 is 24.2 Å². The maximum Gasteiger partial charge on any atom is 0.408 e. The first kappa shape index (κ1) is 23.8. The van der Waals surface area contributed by atoms with E-state index in [0.717, 1.165) is 5.69 Å². The van der Waals surface area contributed by atoms with Crippen molar-refractivity contribution >= 4 is 35.3 Å². The summed E-state index contributed by atoms with van der Waals surface area (Å²) in [5, 5.41) is 13.0. The molecule has 1 aromatic rings. The Kier molecular flexibility index (Phi) is 7.58. The molecular formula is C21H30ClN3O5. The van der Waals surface area contributed by atoms with E-state index in [1.54, 1.807) is 46.8 Å². The van der Waals surface area contributed by atoms with Gasteiger partial charge in [0.25, 0.3) is 0 Å². The largest absolute Gasteiger partial charge is 0.480 e. The van der Waals surface area contributed by atoms with Crippen LogP contribution in [-0.2, 0) is 14.3 Å². The van der Waals surface area contributed by atoms with Gasteiger partial charge in [0, 0.05) is 30.3 Å². The Morgan fingerprint density at radius 1 is 1.17 bits per heavy atom. The number of carbonyl (C=O) groups is 3. The zero-order valence-corrected chi connectivity index (χ0v) is 18.8. The minimum Gasteiger partial charge on any atom is -0.480 e. The van der Waals surface area contributed by atoms with Crippen molar-refractivity contribution in [1.82, 2.24) is 10.2 Å². The highest BCUT2D eigenvalue weighted by atomic mass is 35.5. The number of nitrogens with one attached hydrogen (secondary N) is 1. The third-order valence-corrected chi connectivity index (χ3v) is 5.00. The minimum atomic E-state index is -1.10. The van der Waals surface area contributed by atoms with Crippen LogP contribution >= 0.6 is 11.6 Å². The molecule has 2 atom stereocenters. The first-order chi connectivity index (χ1) is 13.9. The molecule has 8 nitrogen and oxygen atoms in total. The molecule has 1 heterocycles. The van der Waals surface area contributed by atoms with Gasteiger partial charge < -0.3 is 25.0 Å². The highest BCUT2D eigenvalue weighted by Crippen LogP contribution is 2.23. The van der Waals surface area contributed by atoms with Gasteiger partial charge in [0.15, 0.2) is 0 Å². The van der Waals surface area contributed by atoms with Gasteiger partial charge in [-0.2, -0.15) is 0 Å². The summed E-state index contributed by atoms with van der Waals surface area (Å²) >= 11 is 5.93. The molecule has 9 heteroatoms. The van der Waals surface area contributed by atoms with E-state index in [9.17, 15) is 19.5 Å². The Morgan fingerprint density at radius 2 is 1.77 bits per heavy atom. The smallest absolute Gasteiger partial charge is 0.408 e. The number of benzene rings is 1. The Hall–Kier alpha value is -2.48. The number of hydrogen-bond donors (Lipinski definition) is 2. The van der Waals surface area contributed by atoms with Crippen LogP contribution in [-0.4, -0.2) is 65.3 Å². The van der Waals surface area contributed by atoms with E-state index in [4.69, 9.17) is 16.3 Å². The van der Waals surface area contributed by atoms with E-state index in [2.05, 4.69) is 5.32 Å². The number of nitrogens with zero attached hydrogens (tertiary/aromatic N) is 2. The van der Waals surface area contributed by atoms with Gasteiger partial charge in [0.2, 0.25) is 5.91 Å². The van der Waals surface area contributed by atoms with E-state index in [0.29, 0.717) is 11.6 Å². The number of hydrogen-bond acceptors (Lipinski definition) is 5. The maximum atomic E-state index is 13.2. The number of carbonyl (C=O) groups excluding carboxylic acids is 2. The van der Waals surface area contributed by atoms with Crippen molar-refractivity contribution in [2.75, 3.05) is 24.5 Å². The zero-order chi connectivity index (χ0) is 22.6. The van der Waals surface area contributed by atoms with Gasteiger partial charge in [-0.1, -0.05) is 25.4 Å². The number of carboxylic acid groups (broad SMARTS) is 1. The molecule has 30 heavy (non-hydrogen) atoms.